The first-order chi connectivity index (χ1) is 8.11. The number of para-hydroxylation sites is 1. The van der Waals surface area contributed by atoms with Crippen LogP contribution in [0.2, 0.25) is 0 Å². The van der Waals surface area contributed by atoms with Crippen LogP contribution in [0.5, 0.6) is 0 Å². The van der Waals surface area contributed by atoms with Crippen molar-refractivity contribution < 1.29 is 9.90 Å². The molecular weight excluding hydrogens is 216 g/mol. The van der Waals surface area contributed by atoms with Crippen molar-refractivity contribution in [1.29, 1.82) is 0 Å². The van der Waals surface area contributed by atoms with Gasteiger partial charge in [0.1, 0.15) is 0 Å². The summed E-state index contributed by atoms with van der Waals surface area (Å²) < 4.78 is 0. The zero-order valence-electron chi connectivity index (χ0n) is 10.6. The average Bonchev–Trinajstić information content (AvgIpc) is 2.37. The number of hydrogen-bond acceptors (Lipinski definition) is 3. The second-order valence-corrected chi connectivity index (χ2v) is 4.02. The van der Waals surface area contributed by atoms with Gasteiger partial charge in [0, 0.05) is 19.3 Å². The van der Waals surface area contributed by atoms with E-state index in [4.69, 9.17) is 5.11 Å². The molecular formula is C13H20N2O2. The lowest BCUT2D eigenvalue weighted by Crippen LogP contribution is -2.37. The van der Waals surface area contributed by atoms with Gasteiger partial charge >= 0.3 is 0 Å². The Kier molecular flexibility index (Phi) is 4.97. The van der Waals surface area contributed by atoms with Gasteiger partial charge in [0.25, 0.3) is 5.91 Å². The molecule has 0 aliphatic heterocycles. The van der Waals surface area contributed by atoms with Crippen molar-refractivity contribution in [3.05, 3.63) is 29.8 Å². The first kappa shape index (κ1) is 13.5. The minimum Gasteiger partial charge on any atom is -0.394 e. The maximum Gasteiger partial charge on any atom is 0.256 e. The molecule has 0 aromatic heterocycles. The van der Waals surface area contributed by atoms with Crippen molar-refractivity contribution in [2.75, 3.05) is 25.5 Å². The maximum atomic E-state index is 12.2. The number of nitrogens with zero attached hydrogens (tertiary/aromatic N) is 1. The number of benzene rings is 1. The number of amides is 1. The topological polar surface area (TPSA) is 52.6 Å². The molecule has 17 heavy (non-hydrogen) atoms. The summed E-state index contributed by atoms with van der Waals surface area (Å²) in [4.78, 5) is 13.8. The Balaban J connectivity index is 2.95. The molecule has 1 aromatic rings. The normalized spacial score (nSPS) is 12.0. The maximum absolute atomic E-state index is 12.2. The predicted molar refractivity (Wildman–Crippen MR) is 69.2 cm³/mol. The number of aliphatic hydroxyl groups excluding tert-OH is 1. The van der Waals surface area contributed by atoms with Crippen molar-refractivity contribution >= 4 is 11.6 Å². The lowest BCUT2D eigenvalue weighted by molar-refractivity contribution is 0.0683. The molecule has 2 N–H and O–H groups in total. The van der Waals surface area contributed by atoms with Crippen LogP contribution in [0.4, 0.5) is 5.69 Å². The third-order valence-electron chi connectivity index (χ3n) is 2.77. The number of carbonyl (C=O) groups excluding carboxylic acids is 1. The summed E-state index contributed by atoms with van der Waals surface area (Å²) in [6, 6.07) is 7.22. The molecule has 1 rings (SSSR count). The number of nitrogens with one attached hydrogen (secondary N) is 1. The van der Waals surface area contributed by atoms with Gasteiger partial charge < -0.3 is 15.3 Å². The SMILES string of the molecule is CCNc1ccccc1C(=O)N(C)C(C)CO. The van der Waals surface area contributed by atoms with Crippen LogP contribution in [0.1, 0.15) is 24.2 Å². The average molecular weight is 236 g/mol. The van der Waals surface area contributed by atoms with Gasteiger partial charge in [0.15, 0.2) is 0 Å². The van der Waals surface area contributed by atoms with Crippen molar-refractivity contribution in [2.45, 2.75) is 19.9 Å². The highest BCUT2D eigenvalue weighted by Gasteiger charge is 2.18. The van der Waals surface area contributed by atoms with E-state index in [2.05, 4.69) is 5.32 Å². The van der Waals surface area contributed by atoms with Crippen molar-refractivity contribution in [3.63, 3.8) is 0 Å². The van der Waals surface area contributed by atoms with Gasteiger partial charge in [0.05, 0.1) is 18.2 Å². The van der Waals surface area contributed by atoms with Crippen molar-refractivity contribution in [1.82, 2.24) is 4.90 Å². The number of likely N-dealkylation sites (N-methyl/N-ethyl adjacent to an activating group) is 1. The summed E-state index contributed by atoms with van der Waals surface area (Å²) in [6.45, 7) is 4.53. The minimum atomic E-state index is -0.183. The van der Waals surface area contributed by atoms with E-state index >= 15 is 0 Å². The van der Waals surface area contributed by atoms with Crippen LogP contribution in [-0.2, 0) is 0 Å². The molecule has 94 valence electrons. The van der Waals surface area contributed by atoms with Crippen LogP contribution in [0.3, 0.4) is 0 Å². The minimum absolute atomic E-state index is 0.0361. The van der Waals surface area contributed by atoms with Gasteiger partial charge in [-0.15, -0.1) is 0 Å². The van der Waals surface area contributed by atoms with Gasteiger partial charge in [0.2, 0.25) is 0 Å². The van der Waals surface area contributed by atoms with E-state index in [9.17, 15) is 4.79 Å². The van der Waals surface area contributed by atoms with Gasteiger partial charge in [-0.25, -0.2) is 0 Å². The molecule has 1 unspecified atom stereocenters. The quantitative estimate of drug-likeness (QED) is 0.816. The van der Waals surface area contributed by atoms with Crippen LogP contribution in [-0.4, -0.2) is 42.2 Å². The van der Waals surface area contributed by atoms with E-state index < -0.39 is 0 Å². The Labute approximate surface area is 102 Å². The molecule has 0 fully saturated rings. The molecule has 0 bridgehead atoms. The molecule has 0 saturated carbocycles. The van der Waals surface area contributed by atoms with Crippen LogP contribution in [0, 0.1) is 0 Å². The lowest BCUT2D eigenvalue weighted by Gasteiger charge is -2.24. The summed E-state index contributed by atoms with van der Waals surface area (Å²) in [6.07, 6.45) is 0. The van der Waals surface area contributed by atoms with Gasteiger partial charge in [-0.2, -0.15) is 0 Å². The lowest BCUT2D eigenvalue weighted by atomic mass is 10.1. The number of aliphatic hydroxyl groups is 1. The molecule has 0 aliphatic carbocycles. The summed E-state index contributed by atoms with van der Waals surface area (Å²) in [5, 5.41) is 12.2. The smallest absolute Gasteiger partial charge is 0.256 e. The zero-order valence-corrected chi connectivity index (χ0v) is 10.6. The molecule has 1 atom stereocenters. The fraction of sp³-hybridized carbons (Fsp3) is 0.462. The predicted octanol–water partition coefficient (Wildman–Crippen LogP) is 1.57. The number of carbonyl (C=O) groups is 1. The third-order valence-corrected chi connectivity index (χ3v) is 2.77. The van der Waals surface area contributed by atoms with Crippen LogP contribution in [0.25, 0.3) is 0 Å². The van der Waals surface area contributed by atoms with Crippen molar-refractivity contribution in [2.24, 2.45) is 0 Å². The Bertz CT molecular complexity index is 379. The van der Waals surface area contributed by atoms with Gasteiger partial charge in [-0.1, -0.05) is 12.1 Å². The summed E-state index contributed by atoms with van der Waals surface area (Å²) in [5.41, 5.74) is 1.47. The second-order valence-electron chi connectivity index (χ2n) is 4.02. The first-order valence-electron chi connectivity index (χ1n) is 5.82. The first-order valence-corrected chi connectivity index (χ1v) is 5.82. The van der Waals surface area contributed by atoms with E-state index in [-0.39, 0.29) is 18.6 Å². The fourth-order valence-corrected chi connectivity index (χ4v) is 1.53. The van der Waals surface area contributed by atoms with E-state index in [1.807, 2.05) is 32.0 Å². The Morgan fingerprint density at radius 1 is 1.47 bits per heavy atom. The highest BCUT2D eigenvalue weighted by atomic mass is 16.3. The number of rotatable bonds is 5. The summed E-state index contributed by atoms with van der Waals surface area (Å²) in [7, 11) is 1.70. The summed E-state index contributed by atoms with van der Waals surface area (Å²) >= 11 is 0. The highest BCUT2D eigenvalue weighted by Crippen LogP contribution is 2.17. The van der Waals surface area contributed by atoms with Crippen LogP contribution < -0.4 is 5.32 Å². The number of hydrogen-bond donors (Lipinski definition) is 2. The van der Waals surface area contributed by atoms with E-state index in [0.717, 1.165) is 12.2 Å². The summed E-state index contributed by atoms with van der Waals surface area (Å²) in [5.74, 6) is -0.0805. The fourth-order valence-electron chi connectivity index (χ4n) is 1.53. The Hall–Kier alpha value is -1.55. The highest BCUT2D eigenvalue weighted by molar-refractivity contribution is 5.99. The van der Waals surface area contributed by atoms with E-state index in [0.29, 0.717) is 5.56 Å². The van der Waals surface area contributed by atoms with E-state index in [1.54, 1.807) is 18.0 Å². The zero-order chi connectivity index (χ0) is 12.8. The largest absolute Gasteiger partial charge is 0.394 e. The Morgan fingerprint density at radius 3 is 2.71 bits per heavy atom. The van der Waals surface area contributed by atoms with Crippen LogP contribution >= 0.6 is 0 Å². The molecule has 0 aliphatic rings. The monoisotopic (exact) mass is 236 g/mol. The Morgan fingerprint density at radius 2 is 2.12 bits per heavy atom. The molecule has 1 amide bonds. The molecule has 1 aromatic carbocycles. The van der Waals surface area contributed by atoms with E-state index in [1.165, 1.54) is 0 Å². The number of anilines is 1. The molecule has 0 saturated heterocycles. The van der Waals surface area contributed by atoms with Gasteiger partial charge in [-0.05, 0) is 26.0 Å². The molecule has 0 heterocycles. The molecule has 0 spiro atoms. The molecule has 4 nitrogen and oxygen atoms in total. The molecule has 4 heteroatoms. The van der Waals surface area contributed by atoms with Crippen LogP contribution in [0.15, 0.2) is 24.3 Å². The second kappa shape index (κ2) is 6.25. The third kappa shape index (κ3) is 3.20. The van der Waals surface area contributed by atoms with Crippen molar-refractivity contribution in [3.8, 4) is 0 Å². The standard InChI is InChI=1S/C13H20N2O2/c1-4-14-12-8-6-5-7-11(12)13(17)15(3)10(2)9-16/h5-8,10,14,16H,4,9H2,1-3H3. The molecule has 0 radical (unpaired) electrons. The van der Waals surface area contributed by atoms with Gasteiger partial charge in [-0.3, -0.25) is 4.79 Å².